The molecule has 0 aliphatic carbocycles. The second kappa shape index (κ2) is 7.76. The smallest absolute Gasteiger partial charge is 0.338 e. The summed E-state index contributed by atoms with van der Waals surface area (Å²) in [6.07, 6.45) is 0. The fourth-order valence-corrected chi connectivity index (χ4v) is 2.06. The van der Waals surface area contributed by atoms with Gasteiger partial charge in [-0.05, 0) is 31.2 Å². The molecule has 0 aliphatic heterocycles. The molecule has 116 valence electrons. The van der Waals surface area contributed by atoms with Crippen LogP contribution >= 0.6 is 0 Å². The number of anilines is 1. The summed E-state index contributed by atoms with van der Waals surface area (Å²) in [5.74, 6) is -1.01. The van der Waals surface area contributed by atoms with Crippen LogP contribution in [0.2, 0.25) is 0 Å². The van der Waals surface area contributed by atoms with Gasteiger partial charge in [-0.2, -0.15) is 5.26 Å². The molecule has 0 bridgehead atoms. The van der Waals surface area contributed by atoms with E-state index in [0.717, 1.165) is 5.56 Å². The molecule has 0 fully saturated rings. The van der Waals surface area contributed by atoms with Gasteiger partial charge in [-0.1, -0.05) is 35.9 Å². The molecule has 0 saturated heterocycles. The minimum absolute atomic E-state index is 0.106. The Bertz CT molecular complexity index is 735. The van der Waals surface area contributed by atoms with Crippen LogP contribution < -0.4 is 4.90 Å². The zero-order chi connectivity index (χ0) is 16.7. The van der Waals surface area contributed by atoms with Crippen LogP contribution in [0.25, 0.3) is 0 Å². The number of aryl methyl sites for hydroxylation is 1. The molecule has 0 radical (unpaired) electrons. The van der Waals surface area contributed by atoms with E-state index in [9.17, 15) is 9.59 Å². The third-order valence-electron chi connectivity index (χ3n) is 3.18. The Morgan fingerprint density at radius 1 is 1.13 bits per heavy atom. The number of hydrogen-bond donors (Lipinski definition) is 0. The van der Waals surface area contributed by atoms with Crippen LogP contribution in [0.5, 0.6) is 0 Å². The maximum atomic E-state index is 12.2. The number of nitriles is 1. The maximum Gasteiger partial charge on any atom is 0.338 e. The summed E-state index contributed by atoms with van der Waals surface area (Å²) in [6.45, 7) is 1.35. The van der Waals surface area contributed by atoms with Crippen molar-refractivity contribution in [2.24, 2.45) is 0 Å². The van der Waals surface area contributed by atoms with Crippen LogP contribution in [-0.2, 0) is 9.53 Å². The van der Waals surface area contributed by atoms with Crippen molar-refractivity contribution in [3.05, 3.63) is 65.7 Å². The third kappa shape index (κ3) is 4.42. The van der Waals surface area contributed by atoms with E-state index >= 15 is 0 Å². The molecule has 0 heterocycles. The molecule has 2 rings (SSSR count). The lowest BCUT2D eigenvalue weighted by Crippen LogP contribution is -2.35. The quantitative estimate of drug-likeness (QED) is 0.629. The van der Waals surface area contributed by atoms with E-state index in [2.05, 4.69) is 0 Å². The molecule has 0 atom stereocenters. The van der Waals surface area contributed by atoms with Gasteiger partial charge in [0.1, 0.15) is 6.54 Å². The van der Waals surface area contributed by atoms with Gasteiger partial charge in [-0.15, -0.1) is 0 Å². The SMILES string of the molecule is Cc1cccc(C(=O)OCC(=O)N(CC#N)c2ccccc2)c1. The molecule has 2 aromatic carbocycles. The Hall–Kier alpha value is -3.13. The highest BCUT2D eigenvalue weighted by molar-refractivity contribution is 5.97. The Balaban J connectivity index is 2.02. The minimum Gasteiger partial charge on any atom is -0.452 e. The first-order chi connectivity index (χ1) is 11.1. The molecular formula is C18H16N2O3. The Kier molecular flexibility index (Phi) is 5.48. The van der Waals surface area contributed by atoms with Crippen molar-refractivity contribution >= 4 is 17.6 Å². The molecule has 0 spiro atoms. The summed E-state index contributed by atoms with van der Waals surface area (Å²) in [5.41, 5.74) is 1.91. The monoisotopic (exact) mass is 308 g/mol. The molecule has 5 heteroatoms. The zero-order valence-electron chi connectivity index (χ0n) is 12.7. The van der Waals surface area contributed by atoms with Crippen LogP contribution in [0.15, 0.2) is 54.6 Å². The van der Waals surface area contributed by atoms with Crippen molar-refractivity contribution in [2.45, 2.75) is 6.92 Å². The van der Waals surface area contributed by atoms with Crippen molar-refractivity contribution < 1.29 is 14.3 Å². The molecular weight excluding hydrogens is 292 g/mol. The second-order valence-corrected chi connectivity index (χ2v) is 4.92. The zero-order valence-corrected chi connectivity index (χ0v) is 12.7. The Morgan fingerprint density at radius 2 is 1.87 bits per heavy atom. The normalized spacial score (nSPS) is 9.74. The van der Waals surface area contributed by atoms with E-state index in [4.69, 9.17) is 10.00 Å². The highest BCUT2D eigenvalue weighted by atomic mass is 16.5. The number of hydrogen-bond acceptors (Lipinski definition) is 4. The lowest BCUT2D eigenvalue weighted by Gasteiger charge is -2.19. The predicted molar refractivity (Wildman–Crippen MR) is 85.9 cm³/mol. The van der Waals surface area contributed by atoms with Gasteiger partial charge in [-0.3, -0.25) is 9.69 Å². The first-order valence-electron chi connectivity index (χ1n) is 7.08. The summed E-state index contributed by atoms with van der Waals surface area (Å²) in [7, 11) is 0. The Morgan fingerprint density at radius 3 is 2.52 bits per heavy atom. The lowest BCUT2D eigenvalue weighted by atomic mass is 10.1. The van der Waals surface area contributed by atoms with Crippen molar-refractivity contribution in [1.29, 1.82) is 5.26 Å². The van der Waals surface area contributed by atoms with Gasteiger partial charge >= 0.3 is 5.97 Å². The number of amides is 1. The van der Waals surface area contributed by atoms with Gasteiger partial charge in [0.25, 0.3) is 5.91 Å². The van der Waals surface area contributed by atoms with E-state index in [1.165, 1.54) is 4.90 Å². The molecule has 2 aromatic rings. The number of ether oxygens (including phenoxy) is 1. The first-order valence-corrected chi connectivity index (χ1v) is 7.08. The third-order valence-corrected chi connectivity index (χ3v) is 3.18. The van der Waals surface area contributed by atoms with Gasteiger partial charge in [0.2, 0.25) is 0 Å². The van der Waals surface area contributed by atoms with E-state index in [1.807, 2.05) is 25.1 Å². The van der Waals surface area contributed by atoms with E-state index in [1.54, 1.807) is 42.5 Å². The molecule has 0 aromatic heterocycles. The van der Waals surface area contributed by atoms with Crippen molar-refractivity contribution in [1.82, 2.24) is 0 Å². The fraction of sp³-hybridized carbons (Fsp3) is 0.167. The molecule has 23 heavy (non-hydrogen) atoms. The average molecular weight is 308 g/mol. The molecule has 0 N–H and O–H groups in total. The summed E-state index contributed by atoms with van der Waals surface area (Å²) in [6, 6.07) is 17.7. The summed E-state index contributed by atoms with van der Waals surface area (Å²) < 4.78 is 5.05. The number of para-hydroxylation sites is 1. The summed E-state index contributed by atoms with van der Waals surface area (Å²) >= 11 is 0. The van der Waals surface area contributed by atoms with Gasteiger partial charge in [0.15, 0.2) is 6.61 Å². The summed E-state index contributed by atoms with van der Waals surface area (Å²) in [4.78, 5) is 25.5. The Labute approximate surface area is 134 Å². The van der Waals surface area contributed by atoms with E-state index in [-0.39, 0.29) is 6.54 Å². The minimum atomic E-state index is -0.563. The van der Waals surface area contributed by atoms with Crippen LogP contribution in [-0.4, -0.2) is 25.0 Å². The van der Waals surface area contributed by atoms with Crippen LogP contribution in [0.4, 0.5) is 5.69 Å². The molecule has 0 unspecified atom stereocenters. The lowest BCUT2D eigenvalue weighted by molar-refractivity contribution is -0.121. The van der Waals surface area contributed by atoms with Crippen molar-refractivity contribution in [2.75, 3.05) is 18.1 Å². The van der Waals surface area contributed by atoms with Gasteiger partial charge in [-0.25, -0.2) is 4.79 Å². The molecule has 0 saturated carbocycles. The first kappa shape index (κ1) is 16.2. The highest BCUT2D eigenvalue weighted by Gasteiger charge is 2.17. The van der Waals surface area contributed by atoms with Gasteiger partial charge in [0, 0.05) is 5.69 Å². The molecule has 5 nitrogen and oxygen atoms in total. The van der Waals surface area contributed by atoms with E-state index in [0.29, 0.717) is 11.3 Å². The highest BCUT2D eigenvalue weighted by Crippen LogP contribution is 2.13. The topological polar surface area (TPSA) is 70.4 Å². The fourth-order valence-electron chi connectivity index (χ4n) is 2.06. The van der Waals surface area contributed by atoms with Gasteiger partial charge in [0.05, 0.1) is 11.6 Å². The number of carbonyl (C=O) groups is 2. The van der Waals surface area contributed by atoms with Crippen molar-refractivity contribution in [3.63, 3.8) is 0 Å². The van der Waals surface area contributed by atoms with E-state index < -0.39 is 18.5 Å². The number of esters is 1. The second-order valence-electron chi connectivity index (χ2n) is 4.92. The number of carbonyl (C=O) groups excluding carboxylic acids is 2. The average Bonchev–Trinajstić information content (AvgIpc) is 2.58. The number of nitrogens with zero attached hydrogens (tertiary/aromatic N) is 2. The largest absolute Gasteiger partial charge is 0.452 e. The van der Waals surface area contributed by atoms with Gasteiger partial charge < -0.3 is 4.74 Å². The maximum absolute atomic E-state index is 12.2. The predicted octanol–water partition coefficient (Wildman–Crippen LogP) is 2.71. The number of benzene rings is 2. The van der Waals surface area contributed by atoms with Crippen LogP contribution in [0, 0.1) is 18.3 Å². The standard InChI is InChI=1S/C18H16N2O3/c1-14-6-5-7-15(12-14)18(22)23-13-17(21)20(11-10-19)16-8-3-2-4-9-16/h2-9,12H,11,13H2,1H3. The van der Waals surface area contributed by atoms with Crippen LogP contribution in [0.1, 0.15) is 15.9 Å². The van der Waals surface area contributed by atoms with Crippen LogP contribution in [0.3, 0.4) is 0 Å². The summed E-state index contributed by atoms with van der Waals surface area (Å²) in [5, 5.41) is 8.88. The molecule has 0 aliphatic rings. The van der Waals surface area contributed by atoms with Crippen molar-refractivity contribution in [3.8, 4) is 6.07 Å². The number of rotatable bonds is 5. The molecule has 1 amide bonds.